The van der Waals surface area contributed by atoms with Crippen LogP contribution in [0.5, 0.6) is 0 Å². The molecule has 1 fully saturated rings. The van der Waals surface area contributed by atoms with Crippen LogP contribution in [-0.4, -0.2) is 95.9 Å². The van der Waals surface area contributed by atoms with Crippen molar-refractivity contribution in [1.82, 2.24) is 10.2 Å². The summed E-state index contributed by atoms with van der Waals surface area (Å²) < 4.78 is 17.2. The number of rotatable bonds is 5. The SMILES string of the molecule is CCC(C(=O)O[C@H]1CC(=O)N(C)c2[c-]c(C)cc(c2)C/C(C)=C/C=C/[C@@H](OC)[C@@]2(O)CC(OC(=O)N2)[C@@H](C)C(C)C1(C)O)N(C)C(C)=O.[Y]. The number of hydrogen-bond acceptors (Lipinski definition) is 9. The summed E-state index contributed by atoms with van der Waals surface area (Å²) in [5.41, 5.74) is -0.447. The third-order valence-corrected chi connectivity index (χ3v) is 9.94. The minimum Gasteiger partial charge on any atom is -0.457 e. The van der Waals surface area contributed by atoms with Gasteiger partial charge in [-0.3, -0.25) is 14.9 Å². The molecule has 0 aromatic heterocycles. The van der Waals surface area contributed by atoms with Gasteiger partial charge in [-0.05, 0) is 38.5 Å². The molecule has 49 heavy (non-hydrogen) atoms. The molecule has 0 spiro atoms. The second-order valence-corrected chi connectivity index (χ2v) is 13.5. The van der Waals surface area contributed by atoms with Gasteiger partial charge in [-0.15, -0.1) is 6.07 Å². The number of nitrogens with zero attached hydrogens (tertiary/aromatic N) is 2. The first-order valence-electron chi connectivity index (χ1n) is 16.4. The largest absolute Gasteiger partial charge is 0.457 e. The summed E-state index contributed by atoms with van der Waals surface area (Å²) in [6.45, 7) is 11.8. The summed E-state index contributed by atoms with van der Waals surface area (Å²) in [5.74, 6) is -2.90. The molecule has 4 unspecified atom stereocenters. The second-order valence-electron chi connectivity index (χ2n) is 13.5. The number of alkyl carbamates (subject to hydrolysis) is 1. The van der Waals surface area contributed by atoms with E-state index < -0.39 is 71.9 Å². The Morgan fingerprint density at radius 1 is 1.22 bits per heavy atom. The first-order valence-corrected chi connectivity index (χ1v) is 16.4. The van der Waals surface area contributed by atoms with Crippen molar-refractivity contribution in [2.75, 3.05) is 26.1 Å². The number of aryl methyl sites for hydroxylation is 1. The Morgan fingerprint density at radius 3 is 2.47 bits per heavy atom. The molecule has 3 rings (SSSR count). The summed E-state index contributed by atoms with van der Waals surface area (Å²) in [7, 11) is 4.52. The van der Waals surface area contributed by atoms with Gasteiger partial charge in [0.05, 0.1) is 6.42 Å². The maximum absolute atomic E-state index is 13.9. The monoisotopic (exact) mass is 759 g/mol. The second kappa shape index (κ2) is 17.5. The van der Waals surface area contributed by atoms with Crippen LogP contribution in [0.25, 0.3) is 0 Å². The molecule has 2 heterocycles. The zero-order valence-corrected chi connectivity index (χ0v) is 33.2. The molecule has 269 valence electrons. The number of amides is 3. The van der Waals surface area contributed by atoms with Gasteiger partial charge in [-0.1, -0.05) is 57.2 Å². The van der Waals surface area contributed by atoms with E-state index in [4.69, 9.17) is 14.2 Å². The molecule has 0 aliphatic carbocycles. The molecule has 1 aromatic rings. The molecule has 3 amide bonds. The number of benzene rings is 1. The van der Waals surface area contributed by atoms with Gasteiger partial charge in [0.15, 0.2) is 5.72 Å². The number of methoxy groups -OCH3 is 1. The molecular weight excluding hydrogens is 707 g/mol. The van der Waals surface area contributed by atoms with Crippen LogP contribution in [-0.2, 0) is 67.7 Å². The van der Waals surface area contributed by atoms with Crippen LogP contribution in [0.2, 0.25) is 0 Å². The first kappa shape index (κ1) is 42.5. The fourth-order valence-electron chi connectivity index (χ4n) is 6.39. The van der Waals surface area contributed by atoms with Crippen molar-refractivity contribution in [3.8, 4) is 0 Å². The average Bonchev–Trinajstić information content (AvgIpc) is 3.00. The van der Waals surface area contributed by atoms with Crippen molar-refractivity contribution >= 4 is 29.6 Å². The molecule has 2 aliphatic rings. The third-order valence-electron chi connectivity index (χ3n) is 9.94. The number of likely N-dealkylation sites (N-methyl/N-ethyl adjacent to an activating group) is 1. The third kappa shape index (κ3) is 10.2. The quantitative estimate of drug-likeness (QED) is 0.302. The predicted octanol–water partition coefficient (Wildman–Crippen LogP) is 3.60. The zero-order valence-electron chi connectivity index (χ0n) is 30.4. The van der Waals surface area contributed by atoms with E-state index in [0.29, 0.717) is 12.1 Å². The molecule has 1 aromatic carbocycles. The number of carbonyl (C=O) groups is 4. The number of fused-ring (bicyclic) bond motifs is 4. The number of allylic oxidation sites excluding steroid dienone is 3. The average molecular weight is 760 g/mol. The van der Waals surface area contributed by atoms with Crippen molar-refractivity contribution < 1.29 is 76.3 Å². The zero-order chi connectivity index (χ0) is 36.1. The molecule has 8 atom stereocenters. The Labute approximate surface area is 315 Å². The number of carbonyl (C=O) groups excluding carboxylic acids is 4. The van der Waals surface area contributed by atoms with Gasteiger partial charge < -0.3 is 34.2 Å². The molecule has 1 radical (unpaired) electrons. The summed E-state index contributed by atoms with van der Waals surface area (Å²) in [6, 6.07) is 6.11. The molecule has 4 bridgehead atoms. The minimum absolute atomic E-state index is 0. The van der Waals surface area contributed by atoms with Crippen LogP contribution in [0, 0.1) is 24.8 Å². The molecule has 2 aliphatic heterocycles. The van der Waals surface area contributed by atoms with Crippen molar-refractivity contribution in [3.05, 3.63) is 53.1 Å². The van der Waals surface area contributed by atoms with E-state index in [1.807, 2.05) is 32.1 Å². The normalized spacial score (nSPS) is 32.0. The molecule has 12 nitrogen and oxygen atoms in total. The molecular formula is C36H52N3O9Y-. The van der Waals surface area contributed by atoms with Crippen molar-refractivity contribution in [3.63, 3.8) is 0 Å². The van der Waals surface area contributed by atoms with Gasteiger partial charge in [0, 0.05) is 67.3 Å². The number of aliphatic hydroxyl groups is 2. The number of nitrogens with one attached hydrogen (secondary N) is 1. The van der Waals surface area contributed by atoms with E-state index in [1.165, 1.54) is 37.8 Å². The number of hydrogen-bond donors (Lipinski definition) is 3. The molecule has 0 saturated carbocycles. The van der Waals surface area contributed by atoms with E-state index in [2.05, 4.69) is 11.4 Å². The van der Waals surface area contributed by atoms with Crippen LogP contribution in [0.1, 0.15) is 71.9 Å². The first-order chi connectivity index (χ1) is 22.3. The smallest absolute Gasteiger partial charge is 0.409 e. The Morgan fingerprint density at radius 2 is 1.88 bits per heavy atom. The fraction of sp³-hybridized carbons (Fsp3) is 0.611. The van der Waals surface area contributed by atoms with Crippen LogP contribution in [0.4, 0.5) is 10.5 Å². The van der Waals surface area contributed by atoms with Gasteiger partial charge in [-0.2, -0.15) is 23.3 Å². The fourth-order valence-corrected chi connectivity index (χ4v) is 6.39. The maximum Gasteiger partial charge on any atom is 0.409 e. The topological polar surface area (TPSA) is 155 Å². The number of anilines is 1. The predicted molar refractivity (Wildman–Crippen MR) is 180 cm³/mol. The van der Waals surface area contributed by atoms with E-state index in [-0.39, 0.29) is 51.5 Å². The Kier molecular flexibility index (Phi) is 15.2. The van der Waals surface area contributed by atoms with E-state index in [1.54, 1.807) is 40.0 Å². The summed E-state index contributed by atoms with van der Waals surface area (Å²) in [4.78, 5) is 55.1. The van der Waals surface area contributed by atoms with Gasteiger partial charge in [0.1, 0.15) is 30.0 Å². The number of ether oxygens (including phenoxy) is 3. The van der Waals surface area contributed by atoms with Gasteiger partial charge >= 0.3 is 12.1 Å². The maximum atomic E-state index is 13.9. The standard InChI is InChI=1S/C36H52N3O9.Y/c1-11-28(38(8)25(6)40)33(42)48-31-19-32(41)39(9)27-17-22(3)16-26(18-27)15-21(2)13-12-14-30(46-10)36(45)20-29(47-34(43)37-36)23(4)24(5)35(31,7)44;/h12-14,16,18,23-24,28-31,44-45H,11,15,19-20H2,1-10H3,(H,37,43);/q-1;/b14-12+,21-13+;/t23-,24?,28?,29?,30+,31-,35?,36-;/m0./s1. The Hall–Kier alpha value is -2.64. The minimum atomic E-state index is -1.85. The van der Waals surface area contributed by atoms with Gasteiger partial charge in [0.25, 0.3) is 0 Å². The molecule has 13 heteroatoms. The van der Waals surface area contributed by atoms with E-state index in [9.17, 15) is 29.4 Å². The van der Waals surface area contributed by atoms with Gasteiger partial charge in [0.2, 0.25) is 11.8 Å². The van der Waals surface area contributed by atoms with Crippen LogP contribution >= 0.6 is 0 Å². The summed E-state index contributed by atoms with van der Waals surface area (Å²) in [5, 5.41) is 26.4. The Bertz CT molecular complexity index is 1430. The summed E-state index contributed by atoms with van der Waals surface area (Å²) >= 11 is 0. The van der Waals surface area contributed by atoms with E-state index in [0.717, 1.165) is 16.7 Å². The van der Waals surface area contributed by atoms with Crippen molar-refractivity contribution in [2.24, 2.45) is 11.8 Å². The molecule has 3 N–H and O–H groups in total. The van der Waals surface area contributed by atoms with Crippen molar-refractivity contribution in [1.29, 1.82) is 0 Å². The van der Waals surface area contributed by atoms with Gasteiger partial charge in [-0.25, -0.2) is 9.59 Å². The van der Waals surface area contributed by atoms with Crippen LogP contribution < -0.4 is 10.2 Å². The van der Waals surface area contributed by atoms with Crippen LogP contribution in [0.3, 0.4) is 0 Å². The Balaban J connectivity index is 0.00000833. The summed E-state index contributed by atoms with van der Waals surface area (Å²) in [6.07, 6.45) is 1.57. The number of esters is 1. The van der Waals surface area contributed by atoms with E-state index >= 15 is 0 Å². The molecule has 1 saturated heterocycles. The van der Waals surface area contributed by atoms with Crippen LogP contribution in [0.15, 0.2) is 35.9 Å². The van der Waals surface area contributed by atoms with Crippen molar-refractivity contribution in [2.45, 2.75) is 110 Å².